The van der Waals surface area contributed by atoms with Crippen molar-refractivity contribution in [2.24, 2.45) is 0 Å². The molecule has 0 spiro atoms. The number of alkyl halides is 8. The molecular formula is C32H28F8. The summed E-state index contributed by atoms with van der Waals surface area (Å²) in [7, 11) is 0. The summed E-state index contributed by atoms with van der Waals surface area (Å²) in [5, 5.41) is 0. The lowest BCUT2D eigenvalue weighted by atomic mass is 9.72. The van der Waals surface area contributed by atoms with Crippen molar-refractivity contribution in [2.45, 2.75) is 51.4 Å². The lowest BCUT2D eigenvalue weighted by Gasteiger charge is -2.38. The summed E-state index contributed by atoms with van der Waals surface area (Å²) in [6.07, 6.45) is -11.1. The fourth-order valence-electron chi connectivity index (χ4n) is 4.44. The van der Waals surface area contributed by atoms with Crippen molar-refractivity contribution in [3.63, 3.8) is 0 Å². The second kappa shape index (κ2) is 11.4. The van der Waals surface area contributed by atoms with E-state index in [0.717, 1.165) is 35.4 Å². The van der Waals surface area contributed by atoms with Gasteiger partial charge in [0.2, 0.25) is 5.41 Å². The van der Waals surface area contributed by atoms with Crippen LogP contribution in [0, 0.1) is 27.7 Å². The molecule has 4 aromatic carbocycles. The molecule has 0 saturated carbocycles. The van der Waals surface area contributed by atoms with E-state index >= 15 is 0 Å². The summed E-state index contributed by atoms with van der Waals surface area (Å²) in [4.78, 5) is 0. The molecule has 0 unspecified atom stereocenters. The molecule has 4 aromatic rings. The smallest absolute Gasteiger partial charge is 0.196 e. The van der Waals surface area contributed by atoms with Crippen molar-refractivity contribution in [3.8, 4) is 0 Å². The van der Waals surface area contributed by atoms with Gasteiger partial charge in [-0.05, 0) is 51.0 Å². The molecule has 0 aliphatic heterocycles. The van der Waals surface area contributed by atoms with Crippen molar-refractivity contribution in [2.75, 3.05) is 0 Å². The topological polar surface area (TPSA) is 0 Å². The standard InChI is InChI=1S/C17H14F6.C15H14F2/c1-11-3-7-13(8-4-11)15(16(18,19)20,17(21,22)23)14-9-5-12(2)6-10-14;1-11-5-3-7-13(9-11)15(16,17)14-8-4-6-12(2)10-14/h3-10H,1-2H3;3-10H,1-2H3. The maximum atomic E-state index is 14.2. The molecule has 0 N–H and O–H groups in total. The molecular weight excluding hydrogens is 536 g/mol. The van der Waals surface area contributed by atoms with E-state index in [-0.39, 0.29) is 11.1 Å². The van der Waals surface area contributed by atoms with Gasteiger partial charge in [0.25, 0.3) is 5.92 Å². The Kier molecular flexibility index (Phi) is 8.82. The first-order chi connectivity index (χ1) is 18.5. The van der Waals surface area contributed by atoms with Crippen LogP contribution in [0.5, 0.6) is 0 Å². The minimum atomic E-state index is -5.53. The highest BCUT2D eigenvalue weighted by Gasteiger charge is 2.72. The van der Waals surface area contributed by atoms with Gasteiger partial charge in [-0.1, -0.05) is 107 Å². The summed E-state index contributed by atoms with van der Waals surface area (Å²) in [6, 6.07) is 21.5. The molecule has 0 aliphatic rings. The van der Waals surface area contributed by atoms with Gasteiger partial charge in [-0.15, -0.1) is 0 Å². The lowest BCUT2D eigenvalue weighted by Crippen LogP contribution is -2.54. The molecule has 40 heavy (non-hydrogen) atoms. The quantitative estimate of drug-likeness (QED) is 0.216. The summed E-state index contributed by atoms with van der Waals surface area (Å²) < 4.78 is 111. The van der Waals surface area contributed by atoms with Gasteiger partial charge >= 0.3 is 12.4 Å². The number of hydrogen-bond acceptors (Lipinski definition) is 0. The third kappa shape index (κ3) is 6.21. The van der Waals surface area contributed by atoms with E-state index in [1.165, 1.54) is 48.5 Å². The first-order valence-electron chi connectivity index (χ1n) is 12.3. The second-order valence-corrected chi connectivity index (χ2v) is 9.79. The van der Waals surface area contributed by atoms with Crippen LogP contribution in [0.15, 0.2) is 97.1 Å². The first kappa shape index (κ1) is 30.9. The van der Waals surface area contributed by atoms with E-state index in [9.17, 15) is 35.1 Å². The Morgan fingerprint density at radius 1 is 0.375 bits per heavy atom. The normalized spacial score (nSPS) is 12.5. The Morgan fingerprint density at radius 2 is 0.700 bits per heavy atom. The first-order valence-corrected chi connectivity index (χ1v) is 12.3. The number of aryl methyl sites for hydroxylation is 4. The van der Waals surface area contributed by atoms with E-state index in [1.807, 2.05) is 26.0 Å². The predicted molar refractivity (Wildman–Crippen MR) is 141 cm³/mol. The third-order valence-corrected chi connectivity index (χ3v) is 6.58. The molecule has 0 fully saturated rings. The van der Waals surface area contributed by atoms with E-state index < -0.39 is 34.8 Å². The molecule has 0 nitrogen and oxygen atoms in total. The van der Waals surface area contributed by atoms with Gasteiger partial charge in [-0.2, -0.15) is 35.1 Å². The monoisotopic (exact) mass is 564 g/mol. The van der Waals surface area contributed by atoms with Crippen molar-refractivity contribution in [1.82, 2.24) is 0 Å². The fraction of sp³-hybridized carbons (Fsp3) is 0.250. The van der Waals surface area contributed by atoms with Crippen LogP contribution < -0.4 is 0 Å². The minimum Gasteiger partial charge on any atom is -0.196 e. The number of hydrogen-bond donors (Lipinski definition) is 0. The van der Waals surface area contributed by atoms with E-state index in [4.69, 9.17) is 0 Å². The van der Waals surface area contributed by atoms with Gasteiger partial charge < -0.3 is 0 Å². The molecule has 0 bridgehead atoms. The van der Waals surface area contributed by atoms with Gasteiger partial charge in [-0.3, -0.25) is 0 Å². The zero-order valence-corrected chi connectivity index (χ0v) is 22.3. The van der Waals surface area contributed by atoms with Crippen LogP contribution in [0.2, 0.25) is 0 Å². The summed E-state index contributed by atoms with van der Waals surface area (Å²) >= 11 is 0. The molecule has 8 heteroatoms. The van der Waals surface area contributed by atoms with Crippen molar-refractivity contribution in [1.29, 1.82) is 0 Å². The Bertz CT molecular complexity index is 1300. The zero-order chi connectivity index (χ0) is 29.9. The molecule has 0 saturated heterocycles. The molecule has 0 radical (unpaired) electrons. The molecule has 0 amide bonds. The van der Waals surface area contributed by atoms with Gasteiger partial charge in [0.15, 0.2) is 0 Å². The van der Waals surface area contributed by atoms with Crippen molar-refractivity contribution in [3.05, 3.63) is 142 Å². The molecule has 0 aromatic heterocycles. The van der Waals surface area contributed by atoms with Crippen LogP contribution in [-0.4, -0.2) is 12.4 Å². The minimum absolute atomic E-state index is 0.0445. The van der Waals surface area contributed by atoms with Gasteiger partial charge in [0, 0.05) is 11.1 Å². The summed E-state index contributed by atoms with van der Waals surface area (Å²) in [6.45, 7) is 6.82. The summed E-state index contributed by atoms with van der Waals surface area (Å²) in [5.74, 6) is -2.93. The van der Waals surface area contributed by atoms with Crippen LogP contribution >= 0.6 is 0 Å². The van der Waals surface area contributed by atoms with Crippen LogP contribution in [0.4, 0.5) is 35.1 Å². The van der Waals surface area contributed by atoms with Crippen LogP contribution in [-0.2, 0) is 11.3 Å². The molecule has 212 valence electrons. The number of rotatable bonds is 4. The average molecular weight is 565 g/mol. The maximum absolute atomic E-state index is 14.2. The Hall–Kier alpha value is -3.68. The highest BCUT2D eigenvalue weighted by Crippen LogP contribution is 2.56. The van der Waals surface area contributed by atoms with Crippen molar-refractivity contribution < 1.29 is 35.1 Å². The van der Waals surface area contributed by atoms with Gasteiger partial charge in [0.05, 0.1) is 0 Å². The highest BCUT2D eigenvalue weighted by atomic mass is 19.4. The van der Waals surface area contributed by atoms with Crippen LogP contribution in [0.1, 0.15) is 44.5 Å². The molecule has 0 atom stereocenters. The predicted octanol–water partition coefficient (Wildman–Crippen LogP) is 10.2. The van der Waals surface area contributed by atoms with Crippen LogP contribution in [0.3, 0.4) is 0 Å². The van der Waals surface area contributed by atoms with Crippen LogP contribution in [0.25, 0.3) is 0 Å². The number of halogens is 8. The largest absolute Gasteiger partial charge is 0.411 e. The Morgan fingerprint density at radius 3 is 0.975 bits per heavy atom. The van der Waals surface area contributed by atoms with E-state index in [2.05, 4.69) is 0 Å². The molecule has 0 heterocycles. The third-order valence-electron chi connectivity index (χ3n) is 6.58. The van der Waals surface area contributed by atoms with Gasteiger partial charge in [-0.25, -0.2) is 0 Å². The maximum Gasteiger partial charge on any atom is 0.411 e. The average Bonchev–Trinajstić information content (AvgIpc) is 2.85. The number of benzene rings is 4. The zero-order valence-electron chi connectivity index (χ0n) is 22.3. The fourth-order valence-corrected chi connectivity index (χ4v) is 4.44. The Labute approximate surface area is 228 Å². The van der Waals surface area contributed by atoms with E-state index in [0.29, 0.717) is 11.1 Å². The molecule has 0 aliphatic carbocycles. The van der Waals surface area contributed by atoms with E-state index in [1.54, 1.807) is 26.0 Å². The SMILES string of the molecule is Cc1ccc(C(c2ccc(C)cc2)(C(F)(F)F)C(F)(F)F)cc1.Cc1cccc(C(F)(F)c2cccc(C)c2)c1. The lowest BCUT2D eigenvalue weighted by molar-refractivity contribution is -0.288. The van der Waals surface area contributed by atoms with Crippen molar-refractivity contribution >= 4 is 0 Å². The molecule has 4 rings (SSSR count). The van der Waals surface area contributed by atoms with Gasteiger partial charge in [0.1, 0.15) is 0 Å². The second-order valence-electron chi connectivity index (χ2n) is 9.79. The highest BCUT2D eigenvalue weighted by molar-refractivity contribution is 5.45. The summed E-state index contributed by atoms with van der Waals surface area (Å²) in [5.41, 5.74) is -2.80. The Balaban J connectivity index is 0.000000230.